The van der Waals surface area contributed by atoms with E-state index in [2.05, 4.69) is 13.8 Å². The highest BCUT2D eigenvalue weighted by Gasteiger charge is 2.04. The zero-order valence-corrected chi connectivity index (χ0v) is 9.40. The molecular weight excluding hydrogens is 188 g/mol. The summed E-state index contributed by atoms with van der Waals surface area (Å²) in [6.45, 7) is 5.14. The van der Waals surface area contributed by atoms with E-state index in [0.717, 1.165) is 12.0 Å². The first-order valence-corrected chi connectivity index (χ1v) is 5.36. The number of ether oxygens (including phenoxy) is 1. The summed E-state index contributed by atoms with van der Waals surface area (Å²) < 4.78 is 5.31. The molecule has 0 saturated heterocycles. The first-order valence-electron chi connectivity index (χ1n) is 5.36. The second-order valence-electron chi connectivity index (χ2n) is 4.02. The minimum Gasteiger partial charge on any atom is -0.373 e. The van der Waals surface area contributed by atoms with Crippen molar-refractivity contribution in [3.63, 3.8) is 0 Å². The van der Waals surface area contributed by atoms with Crippen molar-refractivity contribution < 1.29 is 9.53 Å². The Kier molecular flexibility index (Phi) is 5.05. The third kappa shape index (κ3) is 4.75. The lowest BCUT2D eigenvalue weighted by molar-refractivity contribution is 0.0739. The normalized spacial score (nSPS) is 10.6. The molecule has 0 spiro atoms. The fraction of sp³-hybridized carbons (Fsp3) is 0.462. The lowest BCUT2D eigenvalue weighted by Gasteiger charge is -2.05. The topological polar surface area (TPSA) is 26.3 Å². The SMILES string of the molecule is CC(C)CCOCC(=O)c1ccccc1. The van der Waals surface area contributed by atoms with Crippen LogP contribution in [0.1, 0.15) is 30.6 Å². The van der Waals surface area contributed by atoms with Crippen molar-refractivity contribution in [1.29, 1.82) is 0 Å². The van der Waals surface area contributed by atoms with E-state index in [1.807, 2.05) is 30.3 Å². The molecule has 0 atom stereocenters. The van der Waals surface area contributed by atoms with E-state index in [1.54, 1.807) is 0 Å². The number of hydrogen-bond acceptors (Lipinski definition) is 2. The largest absolute Gasteiger partial charge is 0.373 e. The van der Waals surface area contributed by atoms with Crippen LogP contribution in [0.3, 0.4) is 0 Å². The van der Waals surface area contributed by atoms with Crippen LogP contribution in [0.25, 0.3) is 0 Å². The number of ketones is 1. The molecule has 0 aliphatic rings. The van der Waals surface area contributed by atoms with Gasteiger partial charge in [-0.2, -0.15) is 0 Å². The second kappa shape index (κ2) is 6.36. The van der Waals surface area contributed by atoms with Crippen molar-refractivity contribution in [2.75, 3.05) is 13.2 Å². The van der Waals surface area contributed by atoms with Gasteiger partial charge in [0.25, 0.3) is 0 Å². The maximum Gasteiger partial charge on any atom is 0.188 e. The van der Waals surface area contributed by atoms with Crippen molar-refractivity contribution in [3.8, 4) is 0 Å². The summed E-state index contributed by atoms with van der Waals surface area (Å²) in [5, 5.41) is 0. The van der Waals surface area contributed by atoms with Crippen LogP contribution < -0.4 is 0 Å². The molecule has 15 heavy (non-hydrogen) atoms. The highest BCUT2D eigenvalue weighted by atomic mass is 16.5. The lowest BCUT2D eigenvalue weighted by Crippen LogP contribution is -2.10. The molecule has 82 valence electrons. The van der Waals surface area contributed by atoms with Gasteiger partial charge in [0.05, 0.1) is 0 Å². The number of carbonyl (C=O) groups is 1. The average molecular weight is 206 g/mol. The molecular formula is C13H18O2. The Morgan fingerprint density at radius 1 is 1.27 bits per heavy atom. The Hall–Kier alpha value is -1.15. The summed E-state index contributed by atoms with van der Waals surface area (Å²) in [5.74, 6) is 0.677. The van der Waals surface area contributed by atoms with E-state index in [9.17, 15) is 4.79 Å². The first kappa shape index (κ1) is 11.9. The van der Waals surface area contributed by atoms with Gasteiger partial charge in [0.1, 0.15) is 6.61 Å². The minimum atomic E-state index is 0.0550. The van der Waals surface area contributed by atoms with Gasteiger partial charge in [-0.25, -0.2) is 0 Å². The van der Waals surface area contributed by atoms with Gasteiger partial charge in [-0.3, -0.25) is 4.79 Å². The second-order valence-corrected chi connectivity index (χ2v) is 4.02. The summed E-state index contributed by atoms with van der Waals surface area (Å²) in [7, 11) is 0. The van der Waals surface area contributed by atoms with Gasteiger partial charge >= 0.3 is 0 Å². The Balaban J connectivity index is 2.25. The Morgan fingerprint density at radius 2 is 1.93 bits per heavy atom. The Morgan fingerprint density at radius 3 is 2.53 bits per heavy atom. The predicted molar refractivity (Wildman–Crippen MR) is 61.0 cm³/mol. The quantitative estimate of drug-likeness (QED) is 0.528. The molecule has 1 rings (SSSR count). The Bertz CT molecular complexity index is 291. The van der Waals surface area contributed by atoms with Crippen molar-refractivity contribution in [2.24, 2.45) is 5.92 Å². The molecule has 0 N–H and O–H groups in total. The molecule has 0 aromatic heterocycles. The van der Waals surface area contributed by atoms with E-state index >= 15 is 0 Å². The van der Waals surface area contributed by atoms with Crippen LogP contribution >= 0.6 is 0 Å². The minimum absolute atomic E-state index is 0.0550. The number of hydrogen-bond donors (Lipinski definition) is 0. The predicted octanol–water partition coefficient (Wildman–Crippen LogP) is 2.93. The molecule has 0 bridgehead atoms. The van der Waals surface area contributed by atoms with E-state index in [-0.39, 0.29) is 12.4 Å². The highest BCUT2D eigenvalue weighted by Crippen LogP contribution is 2.02. The average Bonchev–Trinajstić information content (AvgIpc) is 2.25. The van der Waals surface area contributed by atoms with E-state index < -0.39 is 0 Å². The van der Waals surface area contributed by atoms with Crippen molar-refractivity contribution in [3.05, 3.63) is 35.9 Å². The fourth-order valence-corrected chi connectivity index (χ4v) is 1.19. The summed E-state index contributed by atoms with van der Waals surface area (Å²) >= 11 is 0. The molecule has 0 saturated carbocycles. The van der Waals surface area contributed by atoms with Crippen LogP contribution in [0.5, 0.6) is 0 Å². The fourth-order valence-electron chi connectivity index (χ4n) is 1.19. The summed E-state index contributed by atoms with van der Waals surface area (Å²) in [5.41, 5.74) is 0.724. The molecule has 0 amide bonds. The highest BCUT2D eigenvalue weighted by molar-refractivity contribution is 5.96. The summed E-state index contributed by atoms with van der Waals surface area (Å²) in [4.78, 5) is 11.6. The van der Waals surface area contributed by atoms with Gasteiger partial charge in [-0.15, -0.1) is 0 Å². The molecule has 2 nitrogen and oxygen atoms in total. The van der Waals surface area contributed by atoms with Crippen LogP contribution in [0.15, 0.2) is 30.3 Å². The zero-order chi connectivity index (χ0) is 11.1. The first-order chi connectivity index (χ1) is 7.20. The third-order valence-electron chi connectivity index (χ3n) is 2.17. The smallest absolute Gasteiger partial charge is 0.188 e. The van der Waals surface area contributed by atoms with Gasteiger partial charge < -0.3 is 4.74 Å². The van der Waals surface area contributed by atoms with E-state index in [4.69, 9.17) is 4.74 Å². The standard InChI is InChI=1S/C13H18O2/c1-11(2)8-9-15-10-13(14)12-6-4-3-5-7-12/h3-7,11H,8-10H2,1-2H3. The molecule has 1 aromatic carbocycles. The number of Topliss-reactive ketones (excluding diaryl/α,β-unsaturated/α-hetero) is 1. The van der Waals surface area contributed by atoms with E-state index in [0.29, 0.717) is 12.5 Å². The van der Waals surface area contributed by atoms with Crippen LogP contribution in [-0.4, -0.2) is 19.0 Å². The zero-order valence-electron chi connectivity index (χ0n) is 9.40. The Labute approximate surface area is 91.3 Å². The van der Waals surface area contributed by atoms with Gasteiger partial charge in [0, 0.05) is 12.2 Å². The number of rotatable bonds is 6. The van der Waals surface area contributed by atoms with E-state index in [1.165, 1.54) is 0 Å². The number of carbonyl (C=O) groups excluding carboxylic acids is 1. The number of benzene rings is 1. The van der Waals surface area contributed by atoms with Crippen LogP contribution in [0.2, 0.25) is 0 Å². The van der Waals surface area contributed by atoms with Crippen molar-refractivity contribution in [2.45, 2.75) is 20.3 Å². The molecule has 0 radical (unpaired) electrons. The maximum absolute atomic E-state index is 11.6. The molecule has 0 fully saturated rings. The van der Waals surface area contributed by atoms with Gasteiger partial charge in [-0.1, -0.05) is 44.2 Å². The van der Waals surface area contributed by atoms with Crippen molar-refractivity contribution >= 4 is 5.78 Å². The monoisotopic (exact) mass is 206 g/mol. The molecule has 0 aliphatic heterocycles. The molecule has 2 heteroatoms. The molecule has 1 aromatic rings. The van der Waals surface area contributed by atoms with Crippen LogP contribution in [0, 0.1) is 5.92 Å². The van der Waals surface area contributed by atoms with Crippen LogP contribution in [-0.2, 0) is 4.74 Å². The summed E-state index contributed by atoms with van der Waals surface area (Å²) in [6, 6.07) is 9.25. The summed E-state index contributed by atoms with van der Waals surface area (Å²) in [6.07, 6.45) is 1.00. The van der Waals surface area contributed by atoms with Crippen LogP contribution in [0.4, 0.5) is 0 Å². The van der Waals surface area contributed by atoms with Gasteiger partial charge in [-0.05, 0) is 12.3 Å². The maximum atomic E-state index is 11.6. The van der Waals surface area contributed by atoms with Gasteiger partial charge in [0.15, 0.2) is 5.78 Å². The molecule has 0 unspecified atom stereocenters. The lowest BCUT2D eigenvalue weighted by atomic mass is 10.1. The molecule has 0 heterocycles. The van der Waals surface area contributed by atoms with Gasteiger partial charge in [0.2, 0.25) is 0 Å². The van der Waals surface area contributed by atoms with Crippen molar-refractivity contribution in [1.82, 2.24) is 0 Å². The third-order valence-corrected chi connectivity index (χ3v) is 2.17. The molecule has 0 aliphatic carbocycles.